The summed E-state index contributed by atoms with van der Waals surface area (Å²) < 4.78 is 5.73. The number of piperidine rings is 1. The summed E-state index contributed by atoms with van der Waals surface area (Å²) in [4.78, 5) is 13.1. The fourth-order valence-corrected chi connectivity index (χ4v) is 2.54. The molecule has 1 fully saturated rings. The molecule has 0 bridgehead atoms. The van der Waals surface area contributed by atoms with E-state index in [4.69, 9.17) is 15.6 Å². The molecule has 0 radical (unpaired) electrons. The lowest BCUT2D eigenvalue weighted by atomic mass is 10.1. The van der Waals surface area contributed by atoms with Crippen LogP contribution in [0.5, 0.6) is 5.75 Å². The monoisotopic (exact) mass is 292 g/mol. The fourth-order valence-electron chi connectivity index (χ4n) is 2.54. The van der Waals surface area contributed by atoms with E-state index >= 15 is 0 Å². The smallest absolute Gasteiger partial charge is 0.320 e. The number of hydrogen-bond acceptors (Lipinski definition) is 4. The van der Waals surface area contributed by atoms with Gasteiger partial charge in [0, 0.05) is 6.54 Å². The highest BCUT2D eigenvalue weighted by atomic mass is 16.5. The molecule has 0 saturated carbocycles. The minimum atomic E-state index is -0.975. The summed E-state index contributed by atoms with van der Waals surface area (Å²) in [7, 11) is 0. The minimum Gasteiger partial charge on any atom is -0.492 e. The van der Waals surface area contributed by atoms with E-state index in [1.54, 1.807) is 0 Å². The summed E-state index contributed by atoms with van der Waals surface area (Å²) in [5.41, 5.74) is 6.42. The summed E-state index contributed by atoms with van der Waals surface area (Å²) in [5.74, 6) is -0.156. The molecule has 1 aliphatic heterocycles. The van der Waals surface area contributed by atoms with Gasteiger partial charge in [0.2, 0.25) is 0 Å². The molecule has 2 rings (SSSR count). The first-order valence-electron chi connectivity index (χ1n) is 7.57. The lowest BCUT2D eigenvalue weighted by Crippen LogP contribution is -2.33. The Morgan fingerprint density at radius 2 is 1.90 bits per heavy atom. The van der Waals surface area contributed by atoms with Crippen molar-refractivity contribution in [2.75, 3.05) is 26.2 Å². The SMILES string of the molecule is N[C@@H](Cc1ccc(OCCN2CCCCC2)cc1)C(=O)O. The maximum atomic E-state index is 10.7. The molecule has 3 N–H and O–H groups in total. The highest BCUT2D eigenvalue weighted by Crippen LogP contribution is 2.14. The van der Waals surface area contributed by atoms with Gasteiger partial charge in [0.15, 0.2) is 0 Å². The Labute approximate surface area is 125 Å². The van der Waals surface area contributed by atoms with E-state index in [1.807, 2.05) is 24.3 Å². The topological polar surface area (TPSA) is 75.8 Å². The maximum Gasteiger partial charge on any atom is 0.320 e. The molecule has 1 aromatic rings. The summed E-state index contributed by atoms with van der Waals surface area (Å²) >= 11 is 0. The first-order valence-corrected chi connectivity index (χ1v) is 7.57. The highest BCUT2D eigenvalue weighted by Gasteiger charge is 2.12. The molecule has 5 nitrogen and oxygen atoms in total. The van der Waals surface area contributed by atoms with Gasteiger partial charge < -0.3 is 15.6 Å². The van der Waals surface area contributed by atoms with Gasteiger partial charge in [0.05, 0.1) is 0 Å². The Morgan fingerprint density at radius 3 is 2.52 bits per heavy atom. The molecule has 1 aliphatic rings. The second-order valence-corrected chi connectivity index (χ2v) is 5.54. The van der Waals surface area contributed by atoms with Crippen molar-refractivity contribution in [2.24, 2.45) is 5.73 Å². The van der Waals surface area contributed by atoms with Crippen molar-refractivity contribution >= 4 is 5.97 Å². The zero-order valence-corrected chi connectivity index (χ0v) is 12.3. The van der Waals surface area contributed by atoms with Crippen LogP contribution in [-0.4, -0.2) is 48.3 Å². The van der Waals surface area contributed by atoms with Crippen molar-refractivity contribution in [2.45, 2.75) is 31.7 Å². The highest BCUT2D eigenvalue weighted by molar-refractivity contribution is 5.73. The number of likely N-dealkylation sites (tertiary alicyclic amines) is 1. The normalized spacial score (nSPS) is 17.4. The van der Waals surface area contributed by atoms with Crippen LogP contribution in [0.4, 0.5) is 0 Å². The molecule has 21 heavy (non-hydrogen) atoms. The van der Waals surface area contributed by atoms with Crippen molar-refractivity contribution < 1.29 is 14.6 Å². The number of aliphatic carboxylic acids is 1. The van der Waals surface area contributed by atoms with Crippen LogP contribution in [-0.2, 0) is 11.2 Å². The van der Waals surface area contributed by atoms with Crippen molar-refractivity contribution in [3.05, 3.63) is 29.8 Å². The van der Waals surface area contributed by atoms with Crippen molar-refractivity contribution in [1.82, 2.24) is 4.90 Å². The number of carbonyl (C=O) groups is 1. The molecule has 5 heteroatoms. The average molecular weight is 292 g/mol. The molecule has 0 amide bonds. The van der Waals surface area contributed by atoms with Crippen LogP contribution < -0.4 is 10.5 Å². The van der Waals surface area contributed by atoms with Crippen LogP contribution >= 0.6 is 0 Å². The maximum absolute atomic E-state index is 10.7. The summed E-state index contributed by atoms with van der Waals surface area (Å²) in [5, 5.41) is 8.78. The van der Waals surface area contributed by atoms with Crippen molar-refractivity contribution in [3.63, 3.8) is 0 Å². The predicted octanol–water partition coefficient (Wildman–Crippen LogP) is 1.51. The molecule has 1 saturated heterocycles. The van der Waals surface area contributed by atoms with Crippen LogP contribution in [0.2, 0.25) is 0 Å². The summed E-state index contributed by atoms with van der Waals surface area (Å²) in [6.45, 7) is 4.00. The second-order valence-electron chi connectivity index (χ2n) is 5.54. The van der Waals surface area contributed by atoms with Gasteiger partial charge in [0.1, 0.15) is 18.4 Å². The van der Waals surface area contributed by atoms with E-state index in [9.17, 15) is 4.79 Å². The second kappa shape index (κ2) is 8.00. The minimum absolute atomic E-state index is 0.337. The molecular formula is C16H24N2O3. The Balaban J connectivity index is 1.73. The standard InChI is InChI=1S/C16H24N2O3/c17-15(16(19)20)12-13-4-6-14(7-5-13)21-11-10-18-8-2-1-3-9-18/h4-7,15H,1-3,8-12,17H2,(H,19,20)/t15-/m0/s1. The molecule has 1 aromatic carbocycles. The third kappa shape index (κ3) is 5.36. The summed E-state index contributed by atoms with van der Waals surface area (Å²) in [6, 6.07) is 6.65. The Kier molecular flexibility index (Phi) is 6.02. The molecule has 0 aliphatic carbocycles. The fraction of sp³-hybridized carbons (Fsp3) is 0.562. The summed E-state index contributed by atoms with van der Waals surface area (Å²) in [6.07, 6.45) is 4.26. The zero-order valence-electron chi connectivity index (χ0n) is 12.3. The number of hydrogen-bond donors (Lipinski definition) is 2. The zero-order chi connectivity index (χ0) is 15.1. The van der Waals surface area contributed by atoms with Gasteiger partial charge in [-0.3, -0.25) is 9.69 Å². The predicted molar refractivity (Wildman–Crippen MR) is 81.5 cm³/mol. The molecule has 1 atom stereocenters. The van der Waals surface area contributed by atoms with Gasteiger partial charge in [-0.15, -0.1) is 0 Å². The van der Waals surface area contributed by atoms with Crippen LogP contribution in [0.25, 0.3) is 0 Å². The van der Waals surface area contributed by atoms with Crippen LogP contribution in [0.15, 0.2) is 24.3 Å². The lowest BCUT2D eigenvalue weighted by molar-refractivity contribution is -0.138. The van der Waals surface area contributed by atoms with E-state index in [-0.39, 0.29) is 0 Å². The van der Waals surface area contributed by atoms with Crippen molar-refractivity contribution in [1.29, 1.82) is 0 Å². The van der Waals surface area contributed by atoms with E-state index < -0.39 is 12.0 Å². The quantitative estimate of drug-likeness (QED) is 0.796. The Hall–Kier alpha value is -1.59. The number of carboxylic acid groups (broad SMARTS) is 1. The number of ether oxygens (including phenoxy) is 1. The lowest BCUT2D eigenvalue weighted by Gasteiger charge is -2.26. The van der Waals surface area contributed by atoms with Gasteiger partial charge in [-0.05, 0) is 50.0 Å². The number of nitrogens with zero attached hydrogens (tertiary/aromatic N) is 1. The van der Waals surface area contributed by atoms with E-state index in [0.29, 0.717) is 13.0 Å². The molecule has 0 spiro atoms. The van der Waals surface area contributed by atoms with Gasteiger partial charge >= 0.3 is 5.97 Å². The third-order valence-corrected chi connectivity index (χ3v) is 3.82. The largest absolute Gasteiger partial charge is 0.492 e. The molecule has 0 aromatic heterocycles. The van der Waals surface area contributed by atoms with Gasteiger partial charge in [-0.1, -0.05) is 18.6 Å². The first-order chi connectivity index (χ1) is 10.1. The van der Waals surface area contributed by atoms with Crippen LogP contribution in [0.3, 0.4) is 0 Å². The molecule has 0 unspecified atom stereocenters. The van der Waals surface area contributed by atoms with Crippen molar-refractivity contribution in [3.8, 4) is 5.75 Å². The van der Waals surface area contributed by atoms with E-state index in [2.05, 4.69) is 4.90 Å². The molecule has 1 heterocycles. The van der Waals surface area contributed by atoms with Crippen LogP contribution in [0.1, 0.15) is 24.8 Å². The first kappa shape index (κ1) is 15.8. The van der Waals surface area contributed by atoms with Crippen LogP contribution in [0, 0.1) is 0 Å². The van der Waals surface area contributed by atoms with E-state index in [1.165, 1.54) is 32.4 Å². The van der Waals surface area contributed by atoms with E-state index in [0.717, 1.165) is 17.9 Å². The molecular weight excluding hydrogens is 268 g/mol. The molecule has 116 valence electrons. The van der Waals surface area contributed by atoms with Gasteiger partial charge in [-0.25, -0.2) is 0 Å². The Morgan fingerprint density at radius 1 is 1.24 bits per heavy atom. The number of benzene rings is 1. The number of nitrogens with two attached hydrogens (primary N) is 1. The van der Waals surface area contributed by atoms with Gasteiger partial charge in [-0.2, -0.15) is 0 Å². The average Bonchev–Trinajstić information content (AvgIpc) is 2.50. The number of carboxylic acids is 1. The number of rotatable bonds is 7. The van der Waals surface area contributed by atoms with Gasteiger partial charge in [0.25, 0.3) is 0 Å². The Bertz CT molecular complexity index is 441. The third-order valence-electron chi connectivity index (χ3n) is 3.82.